The number of ether oxygens (including phenoxy) is 1. The summed E-state index contributed by atoms with van der Waals surface area (Å²) in [5, 5.41) is 9.61. The number of hydrogen-bond donors (Lipinski definition) is 1. The number of aliphatic carboxylic acids is 1. The molecule has 2 heterocycles. The molecule has 1 aromatic carbocycles. The predicted octanol–water partition coefficient (Wildman–Crippen LogP) is 3.47. The van der Waals surface area contributed by atoms with Gasteiger partial charge in [-0.05, 0) is 48.0 Å². The second-order valence-corrected chi connectivity index (χ2v) is 8.79. The molecule has 0 aromatic heterocycles. The molecule has 0 radical (unpaired) electrons. The first-order valence-electron chi connectivity index (χ1n) is 6.79. The molecule has 122 valence electrons. The molecule has 3 rings (SSSR count). The molecule has 0 bridgehead atoms. The van der Waals surface area contributed by atoms with Crippen molar-refractivity contribution in [1.29, 1.82) is 0 Å². The molecule has 2 aliphatic rings. The molecule has 1 aromatic rings. The number of nitrogens with zero attached hydrogens (tertiary/aromatic N) is 1. The summed E-state index contributed by atoms with van der Waals surface area (Å²) in [6.07, 6.45) is 0. The Balaban J connectivity index is 1.94. The monoisotopic (exact) mass is 417 g/mol. The van der Waals surface area contributed by atoms with Crippen molar-refractivity contribution in [3.63, 3.8) is 0 Å². The van der Waals surface area contributed by atoms with Crippen molar-refractivity contribution in [2.45, 2.75) is 30.0 Å². The molecule has 5 nitrogen and oxygen atoms in total. The van der Waals surface area contributed by atoms with Crippen molar-refractivity contribution in [1.82, 2.24) is 4.90 Å². The van der Waals surface area contributed by atoms with Gasteiger partial charge < -0.3 is 14.7 Å². The van der Waals surface area contributed by atoms with Crippen LogP contribution in [0.1, 0.15) is 13.8 Å². The lowest BCUT2D eigenvalue weighted by atomic mass is 10.0. The number of carboxylic acids is 1. The van der Waals surface area contributed by atoms with E-state index in [9.17, 15) is 14.7 Å². The van der Waals surface area contributed by atoms with Gasteiger partial charge in [0.2, 0.25) is 5.76 Å². The van der Waals surface area contributed by atoms with E-state index in [1.807, 2.05) is 13.8 Å². The van der Waals surface area contributed by atoms with Crippen LogP contribution < -0.4 is 4.74 Å². The quantitative estimate of drug-likeness (QED) is 0.814. The van der Waals surface area contributed by atoms with Crippen LogP contribution in [-0.2, 0) is 9.59 Å². The summed E-state index contributed by atoms with van der Waals surface area (Å²) in [6, 6.07) is 5.77. The summed E-state index contributed by atoms with van der Waals surface area (Å²) < 4.78 is 5.62. The SMILES string of the molecule is CC1(C)S[C@@H]2C(Br)=C(Oc3cccc(Cl)c3)C(=O)N2[C@H]1C(=O)O. The van der Waals surface area contributed by atoms with Crippen molar-refractivity contribution in [2.24, 2.45) is 0 Å². The average molecular weight is 419 g/mol. The maximum atomic E-state index is 12.7. The van der Waals surface area contributed by atoms with Crippen LogP contribution in [0.4, 0.5) is 0 Å². The average Bonchev–Trinajstić information content (AvgIpc) is 2.84. The number of thioether (sulfide) groups is 1. The molecule has 1 fully saturated rings. The van der Waals surface area contributed by atoms with Gasteiger partial charge in [0.25, 0.3) is 5.91 Å². The van der Waals surface area contributed by atoms with Crippen molar-refractivity contribution < 1.29 is 19.4 Å². The predicted molar refractivity (Wildman–Crippen MR) is 91.8 cm³/mol. The molecular formula is C15H13BrClNO4S. The Labute approximate surface area is 150 Å². The van der Waals surface area contributed by atoms with Crippen molar-refractivity contribution in [3.8, 4) is 5.75 Å². The Morgan fingerprint density at radius 3 is 2.78 bits per heavy atom. The van der Waals surface area contributed by atoms with Crippen LogP contribution in [-0.4, -0.2) is 38.0 Å². The Morgan fingerprint density at radius 1 is 1.48 bits per heavy atom. The molecule has 0 saturated carbocycles. The van der Waals surface area contributed by atoms with E-state index in [1.54, 1.807) is 24.3 Å². The Hall–Kier alpha value is -1.18. The van der Waals surface area contributed by atoms with Crippen molar-refractivity contribution >= 4 is 51.2 Å². The number of carbonyl (C=O) groups is 2. The summed E-state index contributed by atoms with van der Waals surface area (Å²) in [5.74, 6) is -0.934. The third-order valence-electron chi connectivity index (χ3n) is 3.72. The van der Waals surface area contributed by atoms with E-state index in [2.05, 4.69) is 15.9 Å². The van der Waals surface area contributed by atoms with Gasteiger partial charge in [0.05, 0.1) is 4.48 Å². The zero-order valence-electron chi connectivity index (χ0n) is 12.2. The lowest BCUT2D eigenvalue weighted by Gasteiger charge is -2.26. The Morgan fingerprint density at radius 2 is 2.17 bits per heavy atom. The minimum absolute atomic E-state index is 0.103. The third kappa shape index (κ3) is 2.75. The summed E-state index contributed by atoms with van der Waals surface area (Å²) in [4.78, 5) is 25.7. The number of halogens is 2. The number of carboxylic acid groups (broad SMARTS) is 1. The second-order valence-electron chi connectivity index (χ2n) is 5.76. The molecule has 23 heavy (non-hydrogen) atoms. The Kier molecular flexibility index (Phi) is 4.14. The van der Waals surface area contributed by atoms with Crippen molar-refractivity contribution in [2.75, 3.05) is 0 Å². The van der Waals surface area contributed by atoms with Gasteiger partial charge in [0.15, 0.2) is 0 Å². The van der Waals surface area contributed by atoms with Gasteiger partial charge in [-0.2, -0.15) is 0 Å². The number of hydrogen-bond acceptors (Lipinski definition) is 4. The number of benzene rings is 1. The van der Waals surface area contributed by atoms with E-state index < -0.39 is 28.0 Å². The number of carbonyl (C=O) groups excluding carboxylic acids is 1. The van der Waals surface area contributed by atoms with Crippen LogP contribution in [0.25, 0.3) is 0 Å². The largest absolute Gasteiger partial charge is 0.480 e. The van der Waals surface area contributed by atoms with E-state index >= 15 is 0 Å². The van der Waals surface area contributed by atoms with Gasteiger partial charge in [-0.1, -0.05) is 17.7 Å². The molecular weight excluding hydrogens is 406 g/mol. The highest BCUT2D eigenvalue weighted by Gasteiger charge is 2.58. The van der Waals surface area contributed by atoms with Crippen LogP contribution in [0, 0.1) is 0 Å². The topological polar surface area (TPSA) is 66.8 Å². The van der Waals surface area contributed by atoms with Crippen LogP contribution in [0.2, 0.25) is 5.02 Å². The van der Waals surface area contributed by atoms with Crippen molar-refractivity contribution in [3.05, 3.63) is 39.5 Å². The first-order chi connectivity index (χ1) is 10.7. The van der Waals surface area contributed by atoms with E-state index in [4.69, 9.17) is 16.3 Å². The fourth-order valence-electron chi connectivity index (χ4n) is 2.77. The summed E-state index contributed by atoms with van der Waals surface area (Å²) in [5.41, 5.74) is 0. The number of amides is 1. The fraction of sp³-hybridized carbons (Fsp3) is 0.333. The van der Waals surface area contributed by atoms with Crippen LogP contribution in [0.15, 0.2) is 34.5 Å². The summed E-state index contributed by atoms with van der Waals surface area (Å²) >= 11 is 10.7. The highest BCUT2D eigenvalue weighted by atomic mass is 79.9. The van der Waals surface area contributed by atoms with Gasteiger partial charge in [-0.25, -0.2) is 4.79 Å². The van der Waals surface area contributed by atoms with E-state index in [-0.39, 0.29) is 5.76 Å². The zero-order chi connectivity index (χ0) is 16.9. The maximum Gasteiger partial charge on any atom is 0.327 e. The molecule has 1 N–H and O–H groups in total. The van der Waals surface area contributed by atoms with Crippen LogP contribution in [0.3, 0.4) is 0 Å². The van der Waals surface area contributed by atoms with Gasteiger partial charge in [-0.15, -0.1) is 11.8 Å². The lowest BCUT2D eigenvalue weighted by Crippen LogP contribution is -2.49. The normalized spacial score (nSPS) is 25.7. The van der Waals surface area contributed by atoms with E-state index in [1.165, 1.54) is 16.7 Å². The first-order valence-corrected chi connectivity index (χ1v) is 8.84. The third-order valence-corrected chi connectivity index (χ3v) is 6.57. The molecule has 8 heteroatoms. The molecule has 1 saturated heterocycles. The molecule has 0 spiro atoms. The number of fused-ring (bicyclic) bond motifs is 1. The minimum atomic E-state index is -1.03. The van der Waals surface area contributed by atoms with Gasteiger partial charge in [0.1, 0.15) is 17.2 Å². The standard InChI is InChI=1S/C15H13BrClNO4S/c1-15(2)11(14(20)21)18-12(19)10(9(16)13(18)23-15)22-8-5-3-4-7(17)6-8/h3-6,11,13H,1-2H3,(H,20,21)/t11-,13+/m0/s1. The van der Waals surface area contributed by atoms with Crippen LogP contribution in [0.5, 0.6) is 5.75 Å². The summed E-state index contributed by atoms with van der Waals surface area (Å²) in [6.45, 7) is 3.64. The smallest absolute Gasteiger partial charge is 0.327 e. The highest BCUT2D eigenvalue weighted by Crippen LogP contribution is 2.52. The molecule has 2 atom stereocenters. The fourth-order valence-corrected chi connectivity index (χ4v) is 5.16. The molecule has 2 aliphatic heterocycles. The second kappa shape index (κ2) is 5.72. The number of rotatable bonds is 3. The maximum absolute atomic E-state index is 12.7. The first kappa shape index (κ1) is 16.7. The minimum Gasteiger partial charge on any atom is -0.480 e. The highest BCUT2D eigenvalue weighted by molar-refractivity contribution is 9.12. The molecule has 0 aliphatic carbocycles. The van der Waals surface area contributed by atoms with E-state index in [0.717, 1.165) is 0 Å². The van der Waals surface area contributed by atoms with Gasteiger partial charge in [-0.3, -0.25) is 4.79 Å². The lowest BCUT2D eigenvalue weighted by molar-refractivity contribution is -0.148. The molecule has 1 amide bonds. The Bertz CT molecular complexity index is 736. The summed E-state index contributed by atoms with van der Waals surface area (Å²) in [7, 11) is 0. The van der Waals surface area contributed by atoms with Gasteiger partial charge in [0, 0.05) is 9.77 Å². The molecule has 0 unspecified atom stereocenters. The van der Waals surface area contributed by atoms with Crippen LogP contribution >= 0.6 is 39.3 Å². The zero-order valence-corrected chi connectivity index (χ0v) is 15.4. The van der Waals surface area contributed by atoms with E-state index in [0.29, 0.717) is 15.3 Å². The van der Waals surface area contributed by atoms with Gasteiger partial charge >= 0.3 is 5.97 Å².